The van der Waals surface area contributed by atoms with Crippen LogP contribution in [0.3, 0.4) is 0 Å². The quantitative estimate of drug-likeness (QED) is 0.826. The molecule has 1 amide bonds. The minimum absolute atomic E-state index is 0.0530. The van der Waals surface area contributed by atoms with E-state index in [1.54, 1.807) is 7.05 Å². The molecule has 0 bridgehead atoms. The molecule has 0 aromatic carbocycles. The van der Waals surface area contributed by atoms with E-state index in [9.17, 15) is 4.79 Å². The van der Waals surface area contributed by atoms with Crippen LogP contribution < -0.4 is 10.6 Å². The van der Waals surface area contributed by atoms with Gasteiger partial charge in [0, 0.05) is 18.4 Å². The fourth-order valence-corrected chi connectivity index (χ4v) is 1.62. The van der Waals surface area contributed by atoms with Gasteiger partial charge in [-0.1, -0.05) is 13.8 Å². The Hall–Kier alpha value is -1.65. The fraction of sp³-hybridized carbons (Fsp3) is 0.583. The normalized spacial score (nSPS) is 12.4. The molecule has 0 saturated heterocycles. The summed E-state index contributed by atoms with van der Waals surface area (Å²) in [6.07, 6.45) is 0. The molecule has 1 atom stereocenters. The number of carbonyl (C=O) groups is 1. The Balaban J connectivity index is 2.89. The number of hydrogen-bond donors (Lipinski definition) is 2. The van der Waals surface area contributed by atoms with Crippen LogP contribution in [0.5, 0.6) is 0 Å². The molecular formula is C12H20N4O. The second-order valence-electron chi connectivity index (χ2n) is 4.45. The van der Waals surface area contributed by atoms with E-state index >= 15 is 0 Å². The molecule has 1 aromatic rings. The lowest BCUT2D eigenvalue weighted by atomic mass is 10.0. The number of carbonyl (C=O) groups excluding carboxylic acids is 1. The smallest absolute Gasteiger partial charge is 0.242 e. The van der Waals surface area contributed by atoms with Crippen LogP contribution in [-0.2, 0) is 4.79 Å². The molecule has 94 valence electrons. The molecule has 1 unspecified atom stereocenters. The molecule has 0 saturated carbocycles. The number of aromatic nitrogens is 2. The van der Waals surface area contributed by atoms with Crippen LogP contribution in [0, 0.1) is 19.8 Å². The number of nitrogens with one attached hydrogen (secondary N) is 2. The molecule has 1 rings (SSSR count). The van der Waals surface area contributed by atoms with Crippen LogP contribution in [0.25, 0.3) is 0 Å². The lowest BCUT2D eigenvalue weighted by Gasteiger charge is -2.20. The van der Waals surface area contributed by atoms with E-state index in [0.29, 0.717) is 5.95 Å². The molecule has 0 radical (unpaired) electrons. The fourth-order valence-electron chi connectivity index (χ4n) is 1.62. The van der Waals surface area contributed by atoms with Gasteiger partial charge in [-0.15, -0.1) is 0 Å². The average Bonchev–Trinajstić information content (AvgIpc) is 2.23. The van der Waals surface area contributed by atoms with Gasteiger partial charge < -0.3 is 10.6 Å². The molecule has 0 spiro atoms. The zero-order valence-corrected chi connectivity index (χ0v) is 11.0. The summed E-state index contributed by atoms with van der Waals surface area (Å²) in [5.74, 6) is 0.618. The standard InChI is InChI=1S/C12H20N4O/c1-7(2)10(11(17)13-5)16-12-14-8(3)6-9(4)15-12/h6-7,10H,1-5H3,(H,13,17)(H,14,15,16). The first-order valence-corrected chi connectivity index (χ1v) is 5.74. The first-order chi connectivity index (χ1) is 7.93. The third-order valence-electron chi connectivity index (χ3n) is 2.46. The van der Waals surface area contributed by atoms with E-state index < -0.39 is 0 Å². The number of anilines is 1. The first kappa shape index (κ1) is 13.4. The maximum absolute atomic E-state index is 11.7. The number of hydrogen-bond acceptors (Lipinski definition) is 4. The number of rotatable bonds is 4. The lowest BCUT2D eigenvalue weighted by Crippen LogP contribution is -2.41. The molecule has 0 aliphatic carbocycles. The number of nitrogens with zero attached hydrogens (tertiary/aromatic N) is 2. The van der Waals surface area contributed by atoms with Crippen molar-refractivity contribution in [1.29, 1.82) is 0 Å². The van der Waals surface area contributed by atoms with Crippen molar-refractivity contribution >= 4 is 11.9 Å². The summed E-state index contributed by atoms with van der Waals surface area (Å²) in [6, 6.07) is 1.58. The van der Waals surface area contributed by atoms with Crippen molar-refractivity contribution in [3.8, 4) is 0 Å². The summed E-state index contributed by atoms with van der Waals surface area (Å²) in [5.41, 5.74) is 1.78. The number of aryl methyl sites for hydroxylation is 2. The van der Waals surface area contributed by atoms with Crippen LogP contribution in [0.1, 0.15) is 25.2 Å². The van der Waals surface area contributed by atoms with Gasteiger partial charge in [0.05, 0.1) is 0 Å². The van der Waals surface area contributed by atoms with Crippen LogP contribution in [-0.4, -0.2) is 29.0 Å². The predicted octanol–water partition coefficient (Wildman–Crippen LogP) is 1.28. The van der Waals surface area contributed by atoms with Crippen LogP contribution in [0.15, 0.2) is 6.07 Å². The van der Waals surface area contributed by atoms with Gasteiger partial charge in [0.25, 0.3) is 0 Å². The van der Waals surface area contributed by atoms with Gasteiger partial charge in [-0.3, -0.25) is 4.79 Å². The Bertz CT molecular complexity index is 383. The summed E-state index contributed by atoms with van der Waals surface area (Å²) >= 11 is 0. The maximum Gasteiger partial charge on any atom is 0.242 e. The van der Waals surface area contributed by atoms with Gasteiger partial charge in [0.1, 0.15) is 6.04 Å². The van der Waals surface area contributed by atoms with E-state index in [0.717, 1.165) is 11.4 Å². The highest BCUT2D eigenvalue weighted by atomic mass is 16.2. The summed E-state index contributed by atoms with van der Waals surface area (Å²) in [7, 11) is 1.63. The van der Waals surface area contributed by atoms with Gasteiger partial charge in [0.2, 0.25) is 11.9 Å². The average molecular weight is 236 g/mol. The monoisotopic (exact) mass is 236 g/mol. The van der Waals surface area contributed by atoms with Crippen molar-refractivity contribution in [2.45, 2.75) is 33.7 Å². The van der Waals surface area contributed by atoms with Crippen molar-refractivity contribution < 1.29 is 4.79 Å². The van der Waals surface area contributed by atoms with Crippen molar-refractivity contribution in [2.75, 3.05) is 12.4 Å². The SMILES string of the molecule is CNC(=O)C(Nc1nc(C)cc(C)n1)C(C)C. The van der Waals surface area contributed by atoms with E-state index in [2.05, 4.69) is 20.6 Å². The minimum atomic E-state index is -0.318. The van der Waals surface area contributed by atoms with Gasteiger partial charge >= 0.3 is 0 Å². The van der Waals surface area contributed by atoms with Crippen LogP contribution >= 0.6 is 0 Å². The van der Waals surface area contributed by atoms with Gasteiger partial charge in [0.15, 0.2) is 0 Å². The lowest BCUT2D eigenvalue weighted by molar-refractivity contribution is -0.122. The summed E-state index contributed by atoms with van der Waals surface area (Å²) in [5, 5.41) is 5.72. The summed E-state index contributed by atoms with van der Waals surface area (Å²) in [6.45, 7) is 7.78. The molecule has 0 aliphatic heterocycles. The molecule has 5 heteroatoms. The van der Waals surface area contributed by atoms with Gasteiger partial charge in [-0.25, -0.2) is 9.97 Å². The largest absolute Gasteiger partial charge is 0.357 e. The highest BCUT2D eigenvalue weighted by Crippen LogP contribution is 2.10. The van der Waals surface area contributed by atoms with Crippen molar-refractivity contribution in [3.63, 3.8) is 0 Å². The van der Waals surface area contributed by atoms with Crippen molar-refractivity contribution in [1.82, 2.24) is 15.3 Å². The molecular weight excluding hydrogens is 216 g/mol. The summed E-state index contributed by atoms with van der Waals surface area (Å²) < 4.78 is 0. The Kier molecular flexibility index (Phi) is 4.43. The third kappa shape index (κ3) is 3.69. The molecule has 0 aliphatic rings. The van der Waals surface area contributed by atoms with Gasteiger partial charge in [-0.2, -0.15) is 0 Å². The molecule has 1 heterocycles. The van der Waals surface area contributed by atoms with Gasteiger partial charge in [-0.05, 0) is 25.8 Å². The van der Waals surface area contributed by atoms with E-state index in [-0.39, 0.29) is 17.9 Å². The molecule has 2 N–H and O–H groups in total. The second kappa shape index (κ2) is 5.61. The zero-order chi connectivity index (χ0) is 13.0. The Morgan fingerprint density at radius 1 is 1.24 bits per heavy atom. The molecule has 1 aromatic heterocycles. The maximum atomic E-state index is 11.7. The predicted molar refractivity (Wildman–Crippen MR) is 67.8 cm³/mol. The van der Waals surface area contributed by atoms with Crippen LogP contribution in [0.2, 0.25) is 0 Å². The van der Waals surface area contributed by atoms with E-state index in [4.69, 9.17) is 0 Å². The Morgan fingerprint density at radius 3 is 2.18 bits per heavy atom. The van der Waals surface area contributed by atoms with E-state index in [1.165, 1.54) is 0 Å². The minimum Gasteiger partial charge on any atom is -0.357 e. The highest BCUT2D eigenvalue weighted by Gasteiger charge is 2.21. The van der Waals surface area contributed by atoms with Crippen molar-refractivity contribution in [2.24, 2.45) is 5.92 Å². The summed E-state index contributed by atoms with van der Waals surface area (Å²) in [4.78, 5) is 20.2. The molecule has 0 fully saturated rings. The molecule has 5 nitrogen and oxygen atoms in total. The number of amides is 1. The Morgan fingerprint density at radius 2 is 1.76 bits per heavy atom. The highest BCUT2D eigenvalue weighted by molar-refractivity contribution is 5.84. The zero-order valence-electron chi connectivity index (χ0n) is 11.0. The van der Waals surface area contributed by atoms with E-state index in [1.807, 2.05) is 33.8 Å². The van der Waals surface area contributed by atoms with Crippen molar-refractivity contribution in [3.05, 3.63) is 17.5 Å². The number of likely N-dealkylation sites (N-methyl/N-ethyl adjacent to an activating group) is 1. The third-order valence-corrected chi connectivity index (χ3v) is 2.46. The second-order valence-corrected chi connectivity index (χ2v) is 4.45. The topological polar surface area (TPSA) is 66.9 Å². The van der Waals surface area contributed by atoms with Crippen LogP contribution in [0.4, 0.5) is 5.95 Å². The first-order valence-electron chi connectivity index (χ1n) is 5.74. The molecule has 17 heavy (non-hydrogen) atoms. The Labute approximate surface area is 102 Å².